The lowest BCUT2D eigenvalue weighted by Crippen LogP contribution is -2.44. The Kier molecular flexibility index (Phi) is 6.63. The van der Waals surface area contributed by atoms with Crippen LogP contribution in [0.4, 0.5) is 0 Å². The number of carbonyl (C=O) groups is 1. The van der Waals surface area contributed by atoms with Crippen molar-refractivity contribution in [2.24, 2.45) is 0 Å². The number of nitrogens with zero attached hydrogens (tertiary/aromatic N) is 1. The summed E-state index contributed by atoms with van der Waals surface area (Å²) in [5.74, 6) is 0.0505. The van der Waals surface area contributed by atoms with E-state index in [2.05, 4.69) is 28.4 Å². The van der Waals surface area contributed by atoms with Gasteiger partial charge in [0.1, 0.15) is 0 Å². The van der Waals surface area contributed by atoms with Crippen LogP contribution in [0.15, 0.2) is 47.4 Å². The molecule has 3 nitrogen and oxygen atoms in total. The van der Waals surface area contributed by atoms with Crippen LogP contribution in [0.3, 0.4) is 0 Å². The average molecular weight is 389 g/mol. The molecule has 2 aromatic rings. The quantitative estimate of drug-likeness (QED) is 0.749. The van der Waals surface area contributed by atoms with Crippen molar-refractivity contribution in [1.82, 2.24) is 10.2 Å². The molecule has 5 heteroatoms. The highest BCUT2D eigenvalue weighted by atomic mass is 35.5. The van der Waals surface area contributed by atoms with Crippen LogP contribution in [0.25, 0.3) is 0 Å². The molecular weight excluding hydrogens is 364 g/mol. The number of amides is 1. The molecule has 1 saturated heterocycles. The maximum atomic E-state index is 12.7. The van der Waals surface area contributed by atoms with Crippen LogP contribution in [0.1, 0.15) is 34.3 Å². The Hall–Kier alpha value is -1.49. The molecule has 138 valence electrons. The predicted molar refractivity (Wildman–Crippen MR) is 110 cm³/mol. The lowest BCUT2D eigenvalue weighted by molar-refractivity contribution is 0.0908. The molecule has 1 aliphatic heterocycles. The van der Waals surface area contributed by atoms with E-state index in [4.69, 9.17) is 11.6 Å². The number of hydrogen-bond donors (Lipinski definition) is 1. The summed E-state index contributed by atoms with van der Waals surface area (Å²) >= 11 is 7.61. The molecule has 1 amide bonds. The maximum absolute atomic E-state index is 12.7. The number of piperidine rings is 1. The Morgan fingerprint density at radius 2 is 1.88 bits per heavy atom. The monoisotopic (exact) mass is 388 g/mol. The van der Waals surface area contributed by atoms with E-state index >= 15 is 0 Å². The third-order valence-electron chi connectivity index (χ3n) is 4.93. The van der Waals surface area contributed by atoms with Gasteiger partial charge in [0, 0.05) is 41.2 Å². The van der Waals surface area contributed by atoms with E-state index in [1.807, 2.05) is 37.4 Å². The fraction of sp³-hybridized carbons (Fsp3) is 0.381. The molecule has 3 rings (SSSR count). The average Bonchev–Trinajstić information content (AvgIpc) is 2.65. The van der Waals surface area contributed by atoms with E-state index in [0.717, 1.165) is 53.5 Å². The zero-order valence-corrected chi connectivity index (χ0v) is 16.9. The number of nitrogens with one attached hydrogen (secondary N) is 1. The Bertz CT molecular complexity index is 755. The van der Waals surface area contributed by atoms with E-state index in [0.29, 0.717) is 0 Å². The van der Waals surface area contributed by atoms with Crippen LogP contribution in [0.2, 0.25) is 5.02 Å². The number of benzene rings is 2. The van der Waals surface area contributed by atoms with Crippen molar-refractivity contribution in [3.8, 4) is 0 Å². The van der Waals surface area contributed by atoms with Gasteiger partial charge in [0.25, 0.3) is 5.91 Å². The highest BCUT2D eigenvalue weighted by Crippen LogP contribution is 2.20. The Morgan fingerprint density at radius 1 is 1.19 bits per heavy atom. The van der Waals surface area contributed by atoms with Crippen LogP contribution < -0.4 is 5.32 Å². The minimum atomic E-state index is 0.0505. The zero-order valence-electron chi connectivity index (χ0n) is 15.3. The standard InChI is InChI=1S/C21H25ClN2OS/c1-15-3-8-19(26-2)13-20(15)21(25)23-18-9-11-24(12-10-18)14-16-4-6-17(22)7-5-16/h3-8,13,18H,9-12,14H2,1-2H3,(H,23,25). The fourth-order valence-electron chi connectivity index (χ4n) is 3.32. The number of hydrogen-bond acceptors (Lipinski definition) is 3. The number of halogens is 1. The molecule has 1 heterocycles. The summed E-state index contributed by atoms with van der Waals surface area (Å²) in [6.45, 7) is 4.93. The van der Waals surface area contributed by atoms with Crippen molar-refractivity contribution < 1.29 is 4.79 Å². The summed E-state index contributed by atoms with van der Waals surface area (Å²) in [5.41, 5.74) is 3.10. The molecule has 0 unspecified atom stereocenters. The van der Waals surface area contributed by atoms with E-state index in [9.17, 15) is 4.79 Å². The first-order valence-electron chi connectivity index (χ1n) is 8.97. The molecule has 0 saturated carbocycles. The SMILES string of the molecule is CSc1ccc(C)c(C(=O)NC2CCN(Cc3ccc(Cl)cc3)CC2)c1. The van der Waals surface area contributed by atoms with Gasteiger partial charge >= 0.3 is 0 Å². The molecule has 0 bridgehead atoms. The first-order valence-corrected chi connectivity index (χ1v) is 10.6. The van der Waals surface area contributed by atoms with E-state index in [1.54, 1.807) is 11.8 Å². The largest absolute Gasteiger partial charge is 0.349 e. The second-order valence-corrected chi connectivity index (χ2v) is 8.15. The number of rotatable bonds is 5. The van der Waals surface area contributed by atoms with Crippen molar-refractivity contribution in [1.29, 1.82) is 0 Å². The summed E-state index contributed by atoms with van der Waals surface area (Å²) in [6, 6.07) is 14.4. The molecule has 26 heavy (non-hydrogen) atoms. The van der Waals surface area contributed by atoms with Gasteiger partial charge in [-0.3, -0.25) is 9.69 Å². The zero-order chi connectivity index (χ0) is 18.5. The van der Waals surface area contributed by atoms with Crippen molar-refractivity contribution in [3.05, 3.63) is 64.2 Å². The molecule has 0 radical (unpaired) electrons. The van der Waals surface area contributed by atoms with Gasteiger partial charge in [0.15, 0.2) is 0 Å². The second-order valence-electron chi connectivity index (χ2n) is 6.83. The summed E-state index contributed by atoms with van der Waals surface area (Å²) in [6.07, 6.45) is 4.00. The number of aryl methyl sites for hydroxylation is 1. The van der Waals surface area contributed by atoms with Crippen molar-refractivity contribution >= 4 is 29.3 Å². The number of carbonyl (C=O) groups excluding carboxylic acids is 1. The van der Waals surface area contributed by atoms with Crippen LogP contribution >= 0.6 is 23.4 Å². The van der Waals surface area contributed by atoms with Gasteiger partial charge in [0.2, 0.25) is 0 Å². The summed E-state index contributed by atoms with van der Waals surface area (Å²) in [7, 11) is 0. The Balaban J connectivity index is 1.52. The highest BCUT2D eigenvalue weighted by molar-refractivity contribution is 7.98. The molecule has 0 aliphatic carbocycles. The molecule has 0 spiro atoms. The first kappa shape index (κ1) is 19.3. The predicted octanol–water partition coefficient (Wildman–Crippen LogP) is 4.76. The van der Waals surface area contributed by atoms with Gasteiger partial charge in [-0.25, -0.2) is 0 Å². The molecule has 1 fully saturated rings. The Labute approximate surface area is 165 Å². The molecule has 2 aromatic carbocycles. The van der Waals surface area contributed by atoms with Crippen molar-refractivity contribution in [2.45, 2.75) is 37.2 Å². The molecular formula is C21H25ClN2OS. The van der Waals surface area contributed by atoms with Crippen LogP contribution in [0.5, 0.6) is 0 Å². The topological polar surface area (TPSA) is 32.3 Å². The lowest BCUT2D eigenvalue weighted by atomic mass is 10.0. The van der Waals surface area contributed by atoms with Gasteiger partial charge in [-0.05, 0) is 61.4 Å². The smallest absolute Gasteiger partial charge is 0.251 e. The third-order valence-corrected chi connectivity index (χ3v) is 5.91. The van der Waals surface area contributed by atoms with Crippen LogP contribution in [-0.2, 0) is 6.54 Å². The first-order chi connectivity index (χ1) is 12.5. The summed E-state index contributed by atoms with van der Waals surface area (Å²) in [5, 5.41) is 4.00. The third kappa shape index (κ3) is 5.03. The lowest BCUT2D eigenvalue weighted by Gasteiger charge is -2.32. The van der Waals surface area contributed by atoms with Crippen LogP contribution in [-0.4, -0.2) is 36.2 Å². The van der Waals surface area contributed by atoms with E-state index in [-0.39, 0.29) is 11.9 Å². The number of thioether (sulfide) groups is 1. The minimum absolute atomic E-state index is 0.0505. The van der Waals surface area contributed by atoms with Gasteiger partial charge in [-0.2, -0.15) is 0 Å². The van der Waals surface area contributed by atoms with E-state index < -0.39 is 0 Å². The highest BCUT2D eigenvalue weighted by Gasteiger charge is 2.22. The van der Waals surface area contributed by atoms with Crippen molar-refractivity contribution in [2.75, 3.05) is 19.3 Å². The van der Waals surface area contributed by atoms with Crippen LogP contribution in [0, 0.1) is 6.92 Å². The molecule has 0 aromatic heterocycles. The van der Waals surface area contributed by atoms with Crippen molar-refractivity contribution in [3.63, 3.8) is 0 Å². The van der Waals surface area contributed by atoms with Gasteiger partial charge in [0.05, 0.1) is 0 Å². The minimum Gasteiger partial charge on any atom is -0.349 e. The summed E-state index contributed by atoms with van der Waals surface area (Å²) in [4.78, 5) is 16.2. The van der Waals surface area contributed by atoms with E-state index in [1.165, 1.54) is 5.56 Å². The number of likely N-dealkylation sites (tertiary alicyclic amines) is 1. The molecule has 1 N–H and O–H groups in total. The van der Waals surface area contributed by atoms with Gasteiger partial charge in [-0.15, -0.1) is 11.8 Å². The van der Waals surface area contributed by atoms with Gasteiger partial charge in [-0.1, -0.05) is 29.8 Å². The normalized spacial score (nSPS) is 15.8. The second kappa shape index (κ2) is 8.94. The Morgan fingerprint density at radius 3 is 2.54 bits per heavy atom. The maximum Gasteiger partial charge on any atom is 0.251 e. The van der Waals surface area contributed by atoms with Gasteiger partial charge < -0.3 is 5.32 Å². The fourth-order valence-corrected chi connectivity index (χ4v) is 3.89. The molecule has 1 aliphatic rings. The molecule has 0 atom stereocenters. The summed E-state index contributed by atoms with van der Waals surface area (Å²) < 4.78 is 0.